The van der Waals surface area contributed by atoms with Crippen molar-refractivity contribution in [1.82, 2.24) is 0 Å². The van der Waals surface area contributed by atoms with E-state index in [1.807, 2.05) is 12.1 Å². The molecular weight excluding hydrogens is 564 g/mol. The number of carboxylic acids is 1. The monoisotopic (exact) mass is 618 g/mol. The Labute approximate surface area is 269 Å². The number of aliphatic hydroxyl groups is 1. The van der Waals surface area contributed by atoms with E-state index < -0.39 is 17.5 Å². The number of rotatable bonds is 4. The number of hydrogen-bond acceptors (Lipinski definition) is 4. The highest BCUT2D eigenvalue weighted by molar-refractivity contribution is 7.14. The molecule has 0 bridgehead atoms. The second-order valence-electron chi connectivity index (χ2n) is 17.1. The van der Waals surface area contributed by atoms with Gasteiger partial charge in [-0.1, -0.05) is 58.6 Å². The summed E-state index contributed by atoms with van der Waals surface area (Å²) in [6.07, 6.45) is 9.34. The van der Waals surface area contributed by atoms with Crippen LogP contribution in [0, 0.1) is 74.4 Å². The van der Waals surface area contributed by atoms with Crippen LogP contribution in [0.4, 0.5) is 0 Å². The molecule has 240 valence electrons. The summed E-state index contributed by atoms with van der Waals surface area (Å²) in [7, 11) is 0. The van der Waals surface area contributed by atoms with Gasteiger partial charge in [-0.15, -0.1) is 11.3 Å². The number of allylic oxidation sites excluding steroid dienone is 1. The first-order chi connectivity index (χ1) is 20.5. The quantitative estimate of drug-likeness (QED) is 0.201. The predicted octanol–water partition coefficient (Wildman–Crippen LogP) is 9.02. The molecule has 1 aromatic heterocycles. The van der Waals surface area contributed by atoms with Gasteiger partial charge in [0.1, 0.15) is 0 Å². The first kappa shape index (κ1) is 32.1. The van der Waals surface area contributed by atoms with Gasteiger partial charge in [0.25, 0.3) is 0 Å². The van der Waals surface area contributed by atoms with E-state index in [0.717, 1.165) is 67.5 Å². The van der Waals surface area contributed by atoms with E-state index in [0.29, 0.717) is 30.1 Å². The number of fused-ring (bicyclic) bond motifs is 7. The maximum atomic E-state index is 13.0. The fourth-order valence-electron chi connectivity index (χ4n) is 12.9. The summed E-state index contributed by atoms with van der Waals surface area (Å²) in [6, 6.07) is 3.79. The topological polar surface area (TPSA) is 74.6 Å². The molecule has 5 aliphatic carbocycles. The van der Waals surface area contributed by atoms with Crippen LogP contribution in [0.1, 0.15) is 127 Å². The summed E-state index contributed by atoms with van der Waals surface area (Å²) in [5, 5.41) is 22.5. The number of hydrogen-bond donors (Lipinski definition) is 2. The Kier molecular flexibility index (Phi) is 7.70. The van der Waals surface area contributed by atoms with Gasteiger partial charge in [0.05, 0.1) is 21.3 Å². The Morgan fingerprint density at radius 1 is 0.955 bits per heavy atom. The van der Waals surface area contributed by atoms with Crippen molar-refractivity contribution in [2.75, 3.05) is 0 Å². The highest BCUT2D eigenvalue weighted by atomic mass is 32.1. The molecule has 0 aromatic carbocycles. The van der Waals surface area contributed by atoms with Crippen LogP contribution in [-0.4, -0.2) is 28.1 Å². The Morgan fingerprint density at radius 3 is 2.32 bits per heavy atom. The van der Waals surface area contributed by atoms with E-state index in [-0.39, 0.29) is 39.3 Å². The SMILES string of the molecule is C=C(C)[C@@H]1CC[C@]2(C(=O)O)CC[C@]3(C)[C@H](CC[C@@H]4[C@@]5(C)C[C@@H](CC#Cc6ccc(C(C)=O)s6)[C@H](O)C(C)(C)[C@@H]5CC[C@]43C)[C@@H]12. The summed E-state index contributed by atoms with van der Waals surface area (Å²) >= 11 is 1.45. The zero-order valence-electron chi connectivity index (χ0n) is 28.1. The van der Waals surface area contributed by atoms with Crippen LogP contribution in [0.25, 0.3) is 0 Å². The second kappa shape index (κ2) is 10.6. The normalized spacial score (nSPS) is 45.5. The molecule has 4 nitrogen and oxygen atoms in total. The Bertz CT molecular complexity index is 1430. The lowest BCUT2D eigenvalue weighted by atomic mass is 9.31. The summed E-state index contributed by atoms with van der Waals surface area (Å²) in [5.41, 5.74) is 0.692. The summed E-state index contributed by atoms with van der Waals surface area (Å²) in [5.74, 6) is 8.22. The maximum absolute atomic E-state index is 13.0. The van der Waals surface area contributed by atoms with Crippen LogP contribution < -0.4 is 0 Å². The number of Topliss-reactive ketones (excluding diaryl/α,β-unsaturated/α-hetero) is 1. The molecule has 5 aliphatic rings. The molecule has 0 amide bonds. The lowest BCUT2D eigenvalue weighted by molar-refractivity contribution is -0.256. The van der Waals surface area contributed by atoms with E-state index >= 15 is 0 Å². The molecule has 5 saturated carbocycles. The molecule has 0 unspecified atom stereocenters. The molecule has 11 atom stereocenters. The van der Waals surface area contributed by atoms with E-state index in [9.17, 15) is 19.8 Å². The fraction of sp³-hybridized carbons (Fsp3) is 0.744. The van der Waals surface area contributed by atoms with Crippen molar-refractivity contribution in [1.29, 1.82) is 0 Å². The van der Waals surface area contributed by atoms with Gasteiger partial charge in [-0.25, -0.2) is 0 Å². The van der Waals surface area contributed by atoms with Gasteiger partial charge in [0.15, 0.2) is 5.78 Å². The lowest BCUT2D eigenvalue weighted by Gasteiger charge is -2.73. The van der Waals surface area contributed by atoms with Gasteiger partial charge in [-0.2, -0.15) is 0 Å². The average Bonchev–Trinajstić information content (AvgIpc) is 3.58. The summed E-state index contributed by atoms with van der Waals surface area (Å²) < 4.78 is 0. The Balaban J connectivity index is 1.32. The van der Waals surface area contributed by atoms with Crippen LogP contribution in [0.3, 0.4) is 0 Å². The predicted molar refractivity (Wildman–Crippen MR) is 177 cm³/mol. The third kappa shape index (κ3) is 4.32. The first-order valence-corrected chi connectivity index (χ1v) is 18.0. The van der Waals surface area contributed by atoms with Gasteiger partial charge in [0.2, 0.25) is 0 Å². The zero-order chi connectivity index (χ0) is 32.0. The van der Waals surface area contributed by atoms with Crippen molar-refractivity contribution in [3.63, 3.8) is 0 Å². The van der Waals surface area contributed by atoms with E-state index in [1.54, 1.807) is 6.92 Å². The van der Waals surface area contributed by atoms with Crippen molar-refractivity contribution in [3.8, 4) is 11.8 Å². The van der Waals surface area contributed by atoms with Crippen LogP contribution in [0.5, 0.6) is 0 Å². The Morgan fingerprint density at radius 2 is 1.68 bits per heavy atom. The van der Waals surface area contributed by atoms with Crippen molar-refractivity contribution in [2.45, 2.75) is 119 Å². The average molecular weight is 619 g/mol. The zero-order valence-corrected chi connectivity index (χ0v) is 28.9. The number of carboxylic acid groups (broad SMARTS) is 1. The third-order valence-corrected chi connectivity index (χ3v) is 16.2. The van der Waals surface area contributed by atoms with Crippen molar-refractivity contribution >= 4 is 23.1 Å². The molecule has 0 spiro atoms. The van der Waals surface area contributed by atoms with Gasteiger partial charge in [-0.3, -0.25) is 9.59 Å². The molecule has 44 heavy (non-hydrogen) atoms. The minimum absolute atomic E-state index is 0.0740. The Hall–Kier alpha value is -1.90. The highest BCUT2D eigenvalue weighted by Crippen LogP contribution is 2.77. The van der Waals surface area contributed by atoms with Crippen LogP contribution in [-0.2, 0) is 4.79 Å². The number of ketones is 1. The fourth-order valence-corrected chi connectivity index (χ4v) is 13.7. The molecule has 0 radical (unpaired) electrons. The standard InChI is InChI=1S/C39H54O4S/c1-23(2)27-16-19-39(34(42)43)21-20-37(7)28(32(27)39)13-15-31-36(6)22-25(10-9-11-26-12-14-29(44-26)24(3)40)33(41)35(4,5)30(36)17-18-38(31,37)8/h12,14,25,27-28,30-33,41H,1,10,13,15-22H2,2-8H3,(H,42,43)/t25-,27+,28-,30+,31-,32-,33+,36+,37-,38-,39+/m1/s1. The molecule has 5 heteroatoms. The minimum atomic E-state index is -0.591. The van der Waals surface area contributed by atoms with Crippen LogP contribution in [0.15, 0.2) is 24.3 Å². The van der Waals surface area contributed by atoms with Gasteiger partial charge in [-0.05, 0) is 141 Å². The van der Waals surface area contributed by atoms with Crippen LogP contribution in [0.2, 0.25) is 0 Å². The van der Waals surface area contributed by atoms with E-state index in [4.69, 9.17) is 0 Å². The third-order valence-electron chi connectivity index (χ3n) is 15.1. The first-order valence-electron chi connectivity index (χ1n) is 17.2. The van der Waals surface area contributed by atoms with Crippen molar-refractivity contribution < 1.29 is 19.8 Å². The molecule has 1 heterocycles. The van der Waals surface area contributed by atoms with Gasteiger partial charge >= 0.3 is 5.97 Å². The molecule has 1 aromatic rings. The van der Waals surface area contributed by atoms with Crippen molar-refractivity contribution in [3.05, 3.63) is 34.0 Å². The highest BCUT2D eigenvalue weighted by Gasteiger charge is 2.72. The van der Waals surface area contributed by atoms with Gasteiger partial charge in [0, 0.05) is 6.42 Å². The second-order valence-corrected chi connectivity index (χ2v) is 18.2. The number of thiophene rings is 1. The van der Waals surface area contributed by atoms with Crippen molar-refractivity contribution in [2.24, 2.45) is 62.6 Å². The molecule has 6 rings (SSSR count). The number of carbonyl (C=O) groups excluding carboxylic acids is 1. The molecule has 0 saturated heterocycles. The lowest BCUT2D eigenvalue weighted by Crippen LogP contribution is -2.68. The van der Waals surface area contributed by atoms with E-state index in [2.05, 4.69) is 60.0 Å². The molecular formula is C39H54O4S. The molecule has 2 N–H and O–H groups in total. The minimum Gasteiger partial charge on any atom is -0.481 e. The van der Waals surface area contributed by atoms with Crippen LogP contribution >= 0.6 is 11.3 Å². The number of carbonyl (C=O) groups is 2. The molecule has 5 fully saturated rings. The largest absolute Gasteiger partial charge is 0.481 e. The number of aliphatic carboxylic acids is 1. The smallest absolute Gasteiger partial charge is 0.309 e. The van der Waals surface area contributed by atoms with E-state index in [1.165, 1.54) is 16.9 Å². The summed E-state index contributed by atoms with van der Waals surface area (Å²) in [4.78, 5) is 26.4. The van der Waals surface area contributed by atoms with Gasteiger partial charge < -0.3 is 10.2 Å². The molecule has 0 aliphatic heterocycles. The maximum Gasteiger partial charge on any atom is 0.309 e. The summed E-state index contributed by atoms with van der Waals surface area (Å²) in [6.45, 7) is 20.4. The number of aliphatic hydroxyl groups excluding tert-OH is 1.